The Morgan fingerprint density at radius 3 is 2.33 bits per heavy atom. The van der Waals surface area contributed by atoms with Gasteiger partial charge < -0.3 is 19.7 Å². The first-order valence-electron chi connectivity index (χ1n) is 8.25. The second-order valence-corrected chi connectivity index (χ2v) is 6.99. The number of nitrogens with zero attached hydrogens (tertiary/aromatic N) is 2. The van der Waals surface area contributed by atoms with E-state index in [1.165, 1.54) is 30.5 Å². The zero-order valence-corrected chi connectivity index (χ0v) is 16.7. The highest BCUT2D eigenvalue weighted by atomic mass is 32.1. The van der Waals surface area contributed by atoms with Gasteiger partial charge in [-0.25, -0.2) is 4.98 Å². The molecule has 2 amide bonds. The SMILES string of the molecule is C=CCN(CC(=O)Nc1nc(C)c(C)s1)C(=O)c1cc(OC)cc(OC)c1. The van der Waals surface area contributed by atoms with Crippen molar-refractivity contribution in [2.24, 2.45) is 0 Å². The first-order valence-corrected chi connectivity index (χ1v) is 9.06. The van der Waals surface area contributed by atoms with Crippen LogP contribution >= 0.6 is 11.3 Å². The Bertz CT molecular complexity index is 806. The van der Waals surface area contributed by atoms with E-state index in [0.717, 1.165) is 10.6 Å². The number of aromatic nitrogens is 1. The third kappa shape index (κ3) is 5.30. The van der Waals surface area contributed by atoms with Crippen LogP contribution in [0.25, 0.3) is 0 Å². The van der Waals surface area contributed by atoms with Crippen molar-refractivity contribution in [3.05, 3.63) is 47.0 Å². The van der Waals surface area contributed by atoms with Crippen molar-refractivity contribution < 1.29 is 19.1 Å². The molecule has 0 saturated heterocycles. The lowest BCUT2D eigenvalue weighted by atomic mass is 10.1. The molecular formula is C19H23N3O4S. The van der Waals surface area contributed by atoms with Gasteiger partial charge in [-0.1, -0.05) is 6.08 Å². The summed E-state index contributed by atoms with van der Waals surface area (Å²) in [6.45, 7) is 7.58. The molecule has 0 aliphatic heterocycles. The number of hydrogen-bond donors (Lipinski definition) is 1. The van der Waals surface area contributed by atoms with E-state index in [2.05, 4.69) is 16.9 Å². The van der Waals surface area contributed by atoms with E-state index in [9.17, 15) is 9.59 Å². The average Bonchev–Trinajstić information content (AvgIpc) is 2.97. The van der Waals surface area contributed by atoms with Crippen molar-refractivity contribution in [1.82, 2.24) is 9.88 Å². The van der Waals surface area contributed by atoms with E-state index in [4.69, 9.17) is 9.47 Å². The molecule has 1 N–H and O–H groups in total. The van der Waals surface area contributed by atoms with Gasteiger partial charge in [-0.15, -0.1) is 17.9 Å². The number of amides is 2. The normalized spacial score (nSPS) is 10.2. The maximum Gasteiger partial charge on any atom is 0.254 e. The molecule has 144 valence electrons. The molecule has 0 saturated carbocycles. The highest BCUT2D eigenvalue weighted by Gasteiger charge is 2.20. The van der Waals surface area contributed by atoms with Crippen molar-refractivity contribution >= 4 is 28.3 Å². The Kier molecular flexibility index (Phi) is 6.95. The van der Waals surface area contributed by atoms with Crippen LogP contribution in [0.4, 0.5) is 5.13 Å². The molecule has 0 unspecified atom stereocenters. The number of ether oxygens (including phenoxy) is 2. The number of rotatable bonds is 8. The summed E-state index contributed by atoms with van der Waals surface area (Å²) < 4.78 is 10.4. The van der Waals surface area contributed by atoms with Gasteiger partial charge >= 0.3 is 0 Å². The molecule has 0 spiro atoms. The fraction of sp³-hybridized carbons (Fsp3) is 0.316. The molecule has 0 bridgehead atoms. The minimum atomic E-state index is -0.325. The fourth-order valence-corrected chi connectivity index (χ4v) is 3.18. The van der Waals surface area contributed by atoms with E-state index < -0.39 is 0 Å². The first kappa shape index (κ1) is 20.4. The van der Waals surface area contributed by atoms with Crippen LogP contribution in [0, 0.1) is 13.8 Å². The summed E-state index contributed by atoms with van der Waals surface area (Å²) in [4.78, 5) is 32.0. The van der Waals surface area contributed by atoms with Gasteiger partial charge in [0.15, 0.2) is 5.13 Å². The number of thiazole rings is 1. The van der Waals surface area contributed by atoms with Crippen molar-refractivity contribution in [2.75, 3.05) is 32.6 Å². The second-order valence-electron chi connectivity index (χ2n) is 5.78. The Morgan fingerprint density at radius 1 is 1.22 bits per heavy atom. The minimum Gasteiger partial charge on any atom is -0.497 e. The Morgan fingerprint density at radius 2 is 1.85 bits per heavy atom. The van der Waals surface area contributed by atoms with Crippen LogP contribution in [0.2, 0.25) is 0 Å². The lowest BCUT2D eigenvalue weighted by Gasteiger charge is -2.21. The molecule has 2 rings (SSSR count). The summed E-state index contributed by atoms with van der Waals surface area (Å²) in [7, 11) is 3.02. The second kappa shape index (κ2) is 9.18. The number of nitrogens with one attached hydrogen (secondary N) is 1. The fourth-order valence-electron chi connectivity index (χ4n) is 2.35. The van der Waals surface area contributed by atoms with E-state index in [1.54, 1.807) is 24.3 Å². The predicted octanol–water partition coefficient (Wildman–Crippen LogP) is 3.04. The summed E-state index contributed by atoms with van der Waals surface area (Å²) >= 11 is 1.40. The van der Waals surface area contributed by atoms with Crippen molar-refractivity contribution in [2.45, 2.75) is 13.8 Å². The maximum atomic E-state index is 12.9. The molecule has 7 nitrogen and oxygen atoms in total. The molecule has 2 aromatic rings. The van der Waals surface area contributed by atoms with E-state index in [-0.39, 0.29) is 24.9 Å². The molecule has 1 aromatic heterocycles. The predicted molar refractivity (Wildman–Crippen MR) is 106 cm³/mol. The van der Waals surface area contributed by atoms with Crippen LogP contribution in [0.1, 0.15) is 20.9 Å². The van der Waals surface area contributed by atoms with Gasteiger partial charge in [0, 0.05) is 23.1 Å². The zero-order valence-electron chi connectivity index (χ0n) is 15.9. The van der Waals surface area contributed by atoms with E-state index in [0.29, 0.717) is 22.2 Å². The lowest BCUT2D eigenvalue weighted by Crippen LogP contribution is -2.38. The van der Waals surface area contributed by atoms with Gasteiger partial charge in [0.1, 0.15) is 18.0 Å². The van der Waals surface area contributed by atoms with Crippen molar-refractivity contribution in [3.63, 3.8) is 0 Å². The standard InChI is InChI=1S/C19H23N3O4S/c1-6-7-22(11-17(23)21-19-20-12(2)13(3)27-19)18(24)14-8-15(25-4)10-16(9-14)26-5/h6,8-10H,1,7,11H2,2-5H3,(H,20,21,23). The van der Waals surface area contributed by atoms with Crippen LogP contribution in [0.5, 0.6) is 11.5 Å². The molecule has 0 radical (unpaired) electrons. The highest BCUT2D eigenvalue weighted by molar-refractivity contribution is 7.15. The number of methoxy groups -OCH3 is 2. The Labute approximate surface area is 162 Å². The zero-order chi connectivity index (χ0) is 20.0. The molecule has 1 aromatic carbocycles. The minimum absolute atomic E-state index is 0.123. The van der Waals surface area contributed by atoms with Gasteiger partial charge in [-0.05, 0) is 26.0 Å². The molecule has 0 atom stereocenters. The smallest absolute Gasteiger partial charge is 0.254 e. The maximum absolute atomic E-state index is 12.9. The molecule has 0 aliphatic carbocycles. The van der Waals surface area contributed by atoms with Gasteiger partial charge in [0.25, 0.3) is 5.91 Å². The summed E-state index contributed by atoms with van der Waals surface area (Å²) in [5.41, 5.74) is 1.24. The number of aryl methyl sites for hydroxylation is 2. The number of carbonyl (C=O) groups excluding carboxylic acids is 2. The molecule has 27 heavy (non-hydrogen) atoms. The number of anilines is 1. The number of carbonyl (C=O) groups is 2. The molecule has 1 heterocycles. The monoisotopic (exact) mass is 389 g/mol. The largest absolute Gasteiger partial charge is 0.497 e. The van der Waals surface area contributed by atoms with Gasteiger partial charge in [0.05, 0.1) is 19.9 Å². The highest BCUT2D eigenvalue weighted by Crippen LogP contribution is 2.24. The number of benzene rings is 1. The topological polar surface area (TPSA) is 80.8 Å². The van der Waals surface area contributed by atoms with E-state index in [1.807, 2.05) is 13.8 Å². The van der Waals surface area contributed by atoms with Crippen LogP contribution in [-0.2, 0) is 4.79 Å². The molecule has 0 fully saturated rings. The summed E-state index contributed by atoms with van der Waals surface area (Å²) in [6.07, 6.45) is 1.57. The van der Waals surface area contributed by atoms with Crippen LogP contribution in [0.3, 0.4) is 0 Å². The Balaban J connectivity index is 2.16. The van der Waals surface area contributed by atoms with Crippen molar-refractivity contribution in [3.8, 4) is 11.5 Å². The molecule has 0 aliphatic rings. The van der Waals surface area contributed by atoms with Crippen LogP contribution < -0.4 is 14.8 Å². The quantitative estimate of drug-likeness (QED) is 0.702. The number of hydrogen-bond acceptors (Lipinski definition) is 6. The third-order valence-electron chi connectivity index (χ3n) is 3.84. The molecule has 8 heteroatoms. The van der Waals surface area contributed by atoms with Gasteiger partial charge in [0.2, 0.25) is 5.91 Å². The van der Waals surface area contributed by atoms with E-state index >= 15 is 0 Å². The van der Waals surface area contributed by atoms with Gasteiger partial charge in [-0.2, -0.15) is 0 Å². The summed E-state index contributed by atoms with van der Waals surface area (Å²) in [6, 6.07) is 4.88. The summed E-state index contributed by atoms with van der Waals surface area (Å²) in [5.74, 6) is 0.339. The van der Waals surface area contributed by atoms with Crippen LogP contribution in [-0.4, -0.2) is 49.0 Å². The third-order valence-corrected chi connectivity index (χ3v) is 4.83. The Hall–Kier alpha value is -2.87. The van der Waals surface area contributed by atoms with Crippen molar-refractivity contribution in [1.29, 1.82) is 0 Å². The first-order chi connectivity index (χ1) is 12.9. The summed E-state index contributed by atoms with van der Waals surface area (Å²) in [5, 5.41) is 3.25. The molecular weight excluding hydrogens is 366 g/mol. The lowest BCUT2D eigenvalue weighted by molar-refractivity contribution is -0.116. The van der Waals surface area contributed by atoms with Crippen LogP contribution in [0.15, 0.2) is 30.9 Å². The van der Waals surface area contributed by atoms with Gasteiger partial charge in [-0.3, -0.25) is 9.59 Å². The average molecular weight is 389 g/mol.